The molecule has 0 unspecified atom stereocenters. The van der Waals surface area contributed by atoms with Gasteiger partial charge in [0.1, 0.15) is 0 Å². The van der Waals surface area contributed by atoms with Crippen LogP contribution < -0.4 is 10.5 Å². The first kappa shape index (κ1) is 14.4. The first-order chi connectivity index (χ1) is 7.54. The van der Waals surface area contributed by atoms with Crippen LogP contribution in [0.2, 0.25) is 0 Å². The van der Waals surface area contributed by atoms with Crippen molar-refractivity contribution in [2.75, 3.05) is 6.54 Å². The van der Waals surface area contributed by atoms with Crippen LogP contribution in [-0.4, -0.2) is 19.7 Å². The summed E-state index contributed by atoms with van der Waals surface area (Å²) in [4.78, 5) is 0. The van der Waals surface area contributed by atoms with Crippen LogP contribution >= 0.6 is 12.4 Å². The molecule has 0 radical (unpaired) electrons. The second-order valence-corrected chi connectivity index (χ2v) is 6.27. The van der Waals surface area contributed by atoms with Gasteiger partial charge < -0.3 is 5.32 Å². The van der Waals surface area contributed by atoms with Crippen molar-refractivity contribution in [2.45, 2.75) is 24.1 Å². The second-order valence-electron chi connectivity index (χ2n) is 4.32. The monoisotopic (exact) mass is 276 g/mol. The quantitative estimate of drug-likeness (QED) is 0.843. The molecule has 1 aromatic rings. The molecule has 0 aromatic heterocycles. The Balaban J connectivity index is 0.00000144. The molecule has 0 saturated heterocycles. The predicted octanol–water partition coefficient (Wildman–Crippen LogP) is 1.02. The lowest BCUT2D eigenvalue weighted by molar-refractivity contribution is 0.561. The van der Waals surface area contributed by atoms with Crippen LogP contribution in [-0.2, 0) is 16.6 Å². The highest BCUT2D eigenvalue weighted by molar-refractivity contribution is 7.90. The Morgan fingerprint density at radius 1 is 1.24 bits per heavy atom. The van der Waals surface area contributed by atoms with E-state index in [9.17, 15) is 8.42 Å². The molecule has 1 fully saturated rings. The van der Waals surface area contributed by atoms with Crippen LogP contribution in [0, 0.1) is 0 Å². The number of nitrogens with one attached hydrogen (secondary N) is 1. The van der Waals surface area contributed by atoms with Crippen molar-refractivity contribution in [3.63, 3.8) is 0 Å². The zero-order valence-corrected chi connectivity index (χ0v) is 11.1. The summed E-state index contributed by atoms with van der Waals surface area (Å²) in [5.41, 5.74) is 1.15. The SMILES string of the molecule is Cl.NS(=O)(=O)C1(CNCc2ccccc2)CC1. The van der Waals surface area contributed by atoms with Gasteiger partial charge in [0.15, 0.2) is 0 Å². The molecule has 1 saturated carbocycles. The first-order valence-corrected chi connectivity index (χ1v) is 6.85. The van der Waals surface area contributed by atoms with Gasteiger partial charge in [0.2, 0.25) is 10.0 Å². The van der Waals surface area contributed by atoms with Gasteiger partial charge in [0, 0.05) is 13.1 Å². The summed E-state index contributed by atoms with van der Waals surface area (Å²) in [5.74, 6) is 0. The minimum atomic E-state index is -3.41. The third-order valence-corrected chi connectivity index (χ3v) is 4.79. The third-order valence-electron chi connectivity index (χ3n) is 3.03. The van der Waals surface area contributed by atoms with Gasteiger partial charge in [-0.1, -0.05) is 30.3 Å². The molecule has 6 heteroatoms. The molecule has 4 nitrogen and oxygen atoms in total. The van der Waals surface area contributed by atoms with Crippen molar-refractivity contribution >= 4 is 22.4 Å². The summed E-state index contributed by atoms with van der Waals surface area (Å²) < 4.78 is 21.9. The lowest BCUT2D eigenvalue weighted by Crippen LogP contribution is -2.39. The van der Waals surface area contributed by atoms with E-state index in [0.29, 0.717) is 25.9 Å². The van der Waals surface area contributed by atoms with Crippen molar-refractivity contribution in [1.29, 1.82) is 0 Å². The van der Waals surface area contributed by atoms with E-state index in [1.165, 1.54) is 0 Å². The molecular formula is C11H17ClN2O2S. The summed E-state index contributed by atoms with van der Waals surface area (Å²) in [6.45, 7) is 1.12. The fourth-order valence-corrected chi connectivity index (χ4v) is 2.71. The number of nitrogens with two attached hydrogens (primary N) is 1. The van der Waals surface area contributed by atoms with E-state index in [1.54, 1.807) is 0 Å². The molecule has 1 aromatic carbocycles. The summed E-state index contributed by atoms with van der Waals surface area (Å²) in [6.07, 6.45) is 1.35. The number of hydrogen-bond donors (Lipinski definition) is 2. The Morgan fingerprint density at radius 2 is 1.82 bits per heavy atom. The molecule has 96 valence electrons. The summed E-state index contributed by atoms with van der Waals surface area (Å²) in [6, 6.07) is 9.89. The van der Waals surface area contributed by atoms with E-state index < -0.39 is 14.8 Å². The van der Waals surface area contributed by atoms with Crippen molar-refractivity contribution in [2.24, 2.45) is 5.14 Å². The Morgan fingerprint density at radius 3 is 2.29 bits per heavy atom. The topological polar surface area (TPSA) is 72.2 Å². The van der Waals surface area contributed by atoms with Crippen LogP contribution in [0.25, 0.3) is 0 Å². The lowest BCUT2D eigenvalue weighted by atomic mass is 10.2. The highest BCUT2D eigenvalue weighted by atomic mass is 35.5. The lowest BCUT2D eigenvalue weighted by Gasteiger charge is -2.13. The summed E-state index contributed by atoms with van der Waals surface area (Å²) >= 11 is 0. The average molecular weight is 277 g/mol. The van der Waals surface area contributed by atoms with Gasteiger partial charge in [-0.15, -0.1) is 12.4 Å². The van der Waals surface area contributed by atoms with Gasteiger partial charge in [-0.25, -0.2) is 13.6 Å². The first-order valence-electron chi connectivity index (χ1n) is 5.31. The number of benzene rings is 1. The van der Waals surface area contributed by atoms with Gasteiger partial charge in [0.05, 0.1) is 4.75 Å². The zero-order valence-electron chi connectivity index (χ0n) is 9.43. The van der Waals surface area contributed by atoms with Crippen molar-refractivity contribution < 1.29 is 8.42 Å². The van der Waals surface area contributed by atoms with E-state index in [0.717, 1.165) is 5.56 Å². The summed E-state index contributed by atoms with van der Waals surface area (Å²) in [7, 11) is -3.41. The fraction of sp³-hybridized carbons (Fsp3) is 0.455. The number of halogens is 1. The molecule has 0 heterocycles. The molecule has 0 aliphatic heterocycles. The molecule has 0 bridgehead atoms. The van der Waals surface area contributed by atoms with Crippen molar-refractivity contribution in [3.05, 3.63) is 35.9 Å². The summed E-state index contributed by atoms with van der Waals surface area (Å²) in [5, 5.41) is 8.34. The minimum Gasteiger partial charge on any atom is -0.311 e. The Kier molecular flexibility index (Phi) is 4.55. The third kappa shape index (κ3) is 3.42. The average Bonchev–Trinajstić information content (AvgIpc) is 3.00. The maximum absolute atomic E-state index is 11.3. The van der Waals surface area contributed by atoms with Crippen LogP contribution in [0.4, 0.5) is 0 Å². The molecule has 1 aliphatic rings. The van der Waals surface area contributed by atoms with Gasteiger partial charge in [0.25, 0.3) is 0 Å². The molecule has 0 spiro atoms. The molecule has 0 atom stereocenters. The largest absolute Gasteiger partial charge is 0.311 e. The fourth-order valence-electron chi connectivity index (χ4n) is 1.73. The Hall–Kier alpha value is -0.620. The van der Waals surface area contributed by atoms with Gasteiger partial charge in [-0.2, -0.15) is 0 Å². The maximum atomic E-state index is 11.3. The molecule has 1 aliphatic carbocycles. The van der Waals surface area contributed by atoms with Gasteiger partial charge in [-0.3, -0.25) is 0 Å². The van der Waals surface area contributed by atoms with Crippen LogP contribution in [0.3, 0.4) is 0 Å². The molecule has 3 N–H and O–H groups in total. The van der Waals surface area contributed by atoms with Gasteiger partial charge >= 0.3 is 0 Å². The Bertz CT molecular complexity index is 458. The number of rotatable bonds is 5. The minimum absolute atomic E-state index is 0. The number of hydrogen-bond acceptors (Lipinski definition) is 3. The predicted molar refractivity (Wildman–Crippen MR) is 70.5 cm³/mol. The molecule has 2 rings (SSSR count). The molecule has 0 amide bonds. The standard InChI is InChI=1S/C11H16N2O2S.ClH/c12-16(14,15)11(6-7-11)9-13-8-10-4-2-1-3-5-10;/h1-5,13H,6-9H2,(H2,12,14,15);1H. The normalized spacial score (nSPS) is 17.2. The maximum Gasteiger partial charge on any atom is 0.216 e. The second kappa shape index (κ2) is 5.35. The highest BCUT2D eigenvalue weighted by Gasteiger charge is 2.52. The van der Waals surface area contributed by atoms with Crippen LogP contribution in [0.1, 0.15) is 18.4 Å². The van der Waals surface area contributed by atoms with Crippen LogP contribution in [0.15, 0.2) is 30.3 Å². The molecule has 17 heavy (non-hydrogen) atoms. The van der Waals surface area contributed by atoms with E-state index >= 15 is 0 Å². The highest BCUT2D eigenvalue weighted by Crippen LogP contribution is 2.41. The zero-order chi connectivity index (χ0) is 11.6. The van der Waals surface area contributed by atoms with Crippen molar-refractivity contribution in [1.82, 2.24) is 5.32 Å². The smallest absolute Gasteiger partial charge is 0.216 e. The Labute approximate surface area is 108 Å². The number of sulfonamides is 1. The van der Waals surface area contributed by atoms with E-state index in [-0.39, 0.29) is 12.4 Å². The van der Waals surface area contributed by atoms with E-state index in [4.69, 9.17) is 5.14 Å². The number of primary sulfonamides is 1. The van der Waals surface area contributed by atoms with Crippen LogP contribution in [0.5, 0.6) is 0 Å². The van der Waals surface area contributed by atoms with E-state index in [1.807, 2.05) is 30.3 Å². The molecular weight excluding hydrogens is 260 g/mol. The van der Waals surface area contributed by atoms with Crippen molar-refractivity contribution in [3.8, 4) is 0 Å². The van der Waals surface area contributed by atoms with E-state index in [2.05, 4.69) is 5.32 Å². The van der Waals surface area contributed by atoms with Gasteiger partial charge in [-0.05, 0) is 18.4 Å².